The van der Waals surface area contributed by atoms with Gasteiger partial charge < -0.3 is 19.9 Å². The molecule has 29 heavy (non-hydrogen) atoms. The Bertz CT molecular complexity index is 960. The first-order valence-electron chi connectivity index (χ1n) is 8.33. The predicted molar refractivity (Wildman–Crippen MR) is 120 cm³/mol. The summed E-state index contributed by atoms with van der Waals surface area (Å²) in [5, 5.41) is 20.8. The molecule has 0 heterocycles. The molecule has 0 radical (unpaired) electrons. The van der Waals surface area contributed by atoms with Crippen molar-refractivity contribution in [2.24, 2.45) is 0 Å². The molecule has 7 nitrogen and oxygen atoms in total. The van der Waals surface area contributed by atoms with Gasteiger partial charge in [-0.3, -0.25) is 4.79 Å². The summed E-state index contributed by atoms with van der Waals surface area (Å²) >= 11 is 5.31. The number of carbonyl (C=O) groups excluding carboxylic acids is 1. The van der Waals surface area contributed by atoms with Crippen LogP contribution in [0.25, 0.3) is 6.08 Å². The van der Waals surface area contributed by atoms with Gasteiger partial charge in [-0.25, -0.2) is 4.79 Å². The number of carboxylic acids is 1. The van der Waals surface area contributed by atoms with Crippen LogP contribution < -0.4 is 14.8 Å². The summed E-state index contributed by atoms with van der Waals surface area (Å²) in [6, 6.07) is 12.0. The van der Waals surface area contributed by atoms with Crippen molar-refractivity contribution < 1.29 is 24.2 Å². The number of carboxylic acid groups (broad SMARTS) is 1. The standard InChI is InChI=1S/C20H16BrIN2O5/c1-2-28-15-5-3-14(4-6-15)24-20(27)13(10-23)7-12-8-16(21)19(17(22)9-12)29-11-18(25)26/h3-9H,2,11H2,1H3,(H,24,27)(H,25,26)/b13-7-. The normalized spacial score (nSPS) is 10.8. The number of carbonyl (C=O) groups is 2. The molecule has 0 aliphatic carbocycles. The van der Waals surface area contributed by atoms with E-state index in [0.29, 0.717) is 37.4 Å². The van der Waals surface area contributed by atoms with Gasteiger partial charge in [0.15, 0.2) is 6.61 Å². The van der Waals surface area contributed by atoms with Crippen LogP contribution in [0.3, 0.4) is 0 Å². The number of anilines is 1. The first-order chi connectivity index (χ1) is 13.8. The lowest BCUT2D eigenvalue weighted by Crippen LogP contribution is -2.13. The molecule has 0 saturated heterocycles. The van der Waals surface area contributed by atoms with E-state index >= 15 is 0 Å². The van der Waals surface area contributed by atoms with E-state index in [1.165, 1.54) is 6.08 Å². The molecule has 2 N–H and O–H groups in total. The smallest absolute Gasteiger partial charge is 0.341 e. The van der Waals surface area contributed by atoms with E-state index < -0.39 is 18.5 Å². The summed E-state index contributed by atoms with van der Waals surface area (Å²) in [6.07, 6.45) is 1.44. The van der Waals surface area contributed by atoms with E-state index in [1.807, 2.05) is 35.6 Å². The Labute approximate surface area is 189 Å². The van der Waals surface area contributed by atoms with Gasteiger partial charge in [-0.2, -0.15) is 5.26 Å². The molecule has 0 bridgehead atoms. The van der Waals surface area contributed by atoms with Crippen LogP contribution >= 0.6 is 38.5 Å². The van der Waals surface area contributed by atoms with Gasteiger partial charge in [0, 0.05) is 5.69 Å². The third kappa shape index (κ3) is 6.76. The van der Waals surface area contributed by atoms with Gasteiger partial charge in [0.05, 0.1) is 14.6 Å². The molecule has 2 aromatic rings. The number of nitriles is 1. The van der Waals surface area contributed by atoms with Crippen molar-refractivity contribution in [3.8, 4) is 17.6 Å². The highest BCUT2D eigenvalue weighted by atomic mass is 127. The van der Waals surface area contributed by atoms with Crippen LogP contribution in [0.2, 0.25) is 0 Å². The number of nitrogens with one attached hydrogen (secondary N) is 1. The number of halogens is 2. The van der Waals surface area contributed by atoms with E-state index in [1.54, 1.807) is 36.4 Å². The third-order valence-corrected chi connectivity index (χ3v) is 4.85. The van der Waals surface area contributed by atoms with Gasteiger partial charge in [0.25, 0.3) is 5.91 Å². The molecule has 0 aliphatic rings. The maximum Gasteiger partial charge on any atom is 0.341 e. The molecular formula is C20H16BrIN2O5. The van der Waals surface area contributed by atoms with Gasteiger partial charge in [0.2, 0.25) is 0 Å². The summed E-state index contributed by atoms with van der Waals surface area (Å²) in [5.74, 6) is -0.572. The van der Waals surface area contributed by atoms with Crippen molar-refractivity contribution in [1.29, 1.82) is 5.26 Å². The first-order valence-corrected chi connectivity index (χ1v) is 10.2. The topological polar surface area (TPSA) is 109 Å². The molecule has 2 aromatic carbocycles. The Morgan fingerprint density at radius 1 is 1.28 bits per heavy atom. The maximum absolute atomic E-state index is 12.4. The Morgan fingerprint density at radius 3 is 2.52 bits per heavy atom. The minimum Gasteiger partial charge on any atom is -0.494 e. The van der Waals surface area contributed by atoms with E-state index in [9.17, 15) is 14.9 Å². The van der Waals surface area contributed by atoms with Crippen LogP contribution in [0.1, 0.15) is 12.5 Å². The largest absolute Gasteiger partial charge is 0.494 e. The monoisotopic (exact) mass is 570 g/mol. The molecule has 0 unspecified atom stereocenters. The van der Waals surface area contributed by atoms with Crippen LogP contribution in [-0.2, 0) is 9.59 Å². The fraction of sp³-hybridized carbons (Fsp3) is 0.150. The summed E-state index contributed by atoms with van der Waals surface area (Å²) < 4.78 is 11.7. The van der Waals surface area contributed by atoms with Crippen molar-refractivity contribution in [3.63, 3.8) is 0 Å². The van der Waals surface area contributed by atoms with Crippen LogP contribution in [-0.4, -0.2) is 30.2 Å². The second kappa shape index (κ2) is 10.8. The van der Waals surface area contributed by atoms with Gasteiger partial charge in [0.1, 0.15) is 23.1 Å². The lowest BCUT2D eigenvalue weighted by atomic mass is 10.1. The van der Waals surface area contributed by atoms with Crippen LogP contribution in [0.4, 0.5) is 5.69 Å². The molecule has 0 aromatic heterocycles. The SMILES string of the molecule is CCOc1ccc(NC(=O)/C(C#N)=C\c2cc(Br)c(OCC(=O)O)c(I)c2)cc1. The van der Waals surface area contributed by atoms with Crippen molar-refractivity contribution in [2.45, 2.75) is 6.92 Å². The van der Waals surface area contributed by atoms with Gasteiger partial charge in [-0.1, -0.05) is 0 Å². The zero-order chi connectivity index (χ0) is 21.4. The van der Waals surface area contributed by atoms with Gasteiger partial charge >= 0.3 is 5.97 Å². The number of hydrogen-bond donors (Lipinski definition) is 2. The van der Waals surface area contributed by atoms with E-state index in [2.05, 4.69) is 21.2 Å². The van der Waals surface area contributed by atoms with Crippen LogP contribution in [0, 0.1) is 14.9 Å². The molecule has 2 rings (SSSR count). The number of rotatable bonds is 8. The fourth-order valence-electron chi connectivity index (χ4n) is 2.25. The number of amides is 1. The molecule has 0 saturated carbocycles. The van der Waals surface area contributed by atoms with Gasteiger partial charge in [-0.05, 0) is 93.5 Å². The second-order valence-corrected chi connectivity index (χ2v) is 7.59. The molecule has 0 atom stereocenters. The summed E-state index contributed by atoms with van der Waals surface area (Å²) in [4.78, 5) is 23.1. The lowest BCUT2D eigenvalue weighted by Gasteiger charge is -2.10. The quantitative estimate of drug-likeness (QED) is 0.275. The molecule has 1 amide bonds. The average Bonchev–Trinajstić information content (AvgIpc) is 2.67. The first kappa shape index (κ1) is 22.7. The van der Waals surface area contributed by atoms with Crippen LogP contribution in [0.15, 0.2) is 46.4 Å². The highest BCUT2D eigenvalue weighted by Gasteiger charge is 2.13. The molecular weight excluding hydrogens is 555 g/mol. The number of ether oxygens (including phenoxy) is 2. The number of hydrogen-bond acceptors (Lipinski definition) is 5. The molecule has 9 heteroatoms. The van der Waals surface area contributed by atoms with E-state index in [-0.39, 0.29) is 5.57 Å². The maximum atomic E-state index is 12.4. The Hall–Kier alpha value is -2.58. The predicted octanol–water partition coefficient (Wildman–Crippen LogP) is 4.46. The minimum atomic E-state index is -1.09. The van der Waals surface area contributed by atoms with Crippen LogP contribution in [0.5, 0.6) is 11.5 Å². The Kier molecular flexibility index (Phi) is 8.48. The van der Waals surface area contributed by atoms with Crippen molar-refractivity contribution in [3.05, 3.63) is 55.6 Å². The molecule has 0 aliphatic heterocycles. The summed E-state index contributed by atoms with van der Waals surface area (Å²) in [7, 11) is 0. The minimum absolute atomic E-state index is 0.0826. The van der Waals surface area contributed by atoms with Crippen molar-refractivity contribution >= 4 is 62.2 Å². The van der Waals surface area contributed by atoms with E-state index in [4.69, 9.17) is 14.6 Å². The van der Waals surface area contributed by atoms with E-state index in [0.717, 1.165) is 0 Å². The number of aliphatic carboxylic acids is 1. The Balaban J connectivity index is 2.18. The fourth-order valence-corrected chi connectivity index (χ4v) is 4.02. The Morgan fingerprint density at radius 2 is 1.97 bits per heavy atom. The average molecular weight is 571 g/mol. The second-order valence-electron chi connectivity index (χ2n) is 5.58. The molecule has 0 spiro atoms. The highest BCUT2D eigenvalue weighted by molar-refractivity contribution is 14.1. The summed E-state index contributed by atoms with van der Waals surface area (Å²) in [6.45, 7) is 1.95. The number of nitrogens with zero attached hydrogens (tertiary/aromatic N) is 1. The zero-order valence-electron chi connectivity index (χ0n) is 15.2. The summed E-state index contributed by atoms with van der Waals surface area (Å²) in [5.41, 5.74) is 1.04. The van der Waals surface area contributed by atoms with Gasteiger partial charge in [-0.15, -0.1) is 0 Å². The lowest BCUT2D eigenvalue weighted by molar-refractivity contribution is -0.139. The van der Waals surface area contributed by atoms with Crippen molar-refractivity contribution in [1.82, 2.24) is 0 Å². The molecule has 0 fully saturated rings. The third-order valence-electron chi connectivity index (χ3n) is 3.46. The highest BCUT2D eigenvalue weighted by Crippen LogP contribution is 2.32. The van der Waals surface area contributed by atoms with Crippen molar-refractivity contribution in [2.75, 3.05) is 18.5 Å². The molecule has 150 valence electrons. The number of benzene rings is 2. The zero-order valence-corrected chi connectivity index (χ0v) is 19.0.